The first kappa shape index (κ1) is 17.4. The molecular formula is C16H27ClN2O. The summed E-state index contributed by atoms with van der Waals surface area (Å²) in [6.07, 6.45) is 2.03. The van der Waals surface area contributed by atoms with E-state index in [1.807, 2.05) is 24.3 Å². The van der Waals surface area contributed by atoms with E-state index in [2.05, 4.69) is 18.7 Å². The first-order chi connectivity index (χ1) is 9.60. The molecule has 0 amide bonds. The van der Waals surface area contributed by atoms with Crippen molar-refractivity contribution in [1.29, 1.82) is 0 Å². The van der Waals surface area contributed by atoms with Crippen LogP contribution in [-0.2, 0) is 4.74 Å². The number of ether oxygens (including phenoxy) is 1. The van der Waals surface area contributed by atoms with Gasteiger partial charge in [-0.15, -0.1) is 0 Å². The van der Waals surface area contributed by atoms with Gasteiger partial charge in [-0.3, -0.25) is 4.90 Å². The van der Waals surface area contributed by atoms with Gasteiger partial charge in [-0.1, -0.05) is 36.7 Å². The van der Waals surface area contributed by atoms with Crippen molar-refractivity contribution in [1.82, 2.24) is 4.90 Å². The summed E-state index contributed by atoms with van der Waals surface area (Å²) in [5.41, 5.74) is 7.30. The van der Waals surface area contributed by atoms with Crippen LogP contribution in [0.1, 0.15) is 38.3 Å². The molecule has 4 heteroatoms. The van der Waals surface area contributed by atoms with Gasteiger partial charge in [0.2, 0.25) is 0 Å². The lowest BCUT2D eigenvalue weighted by Crippen LogP contribution is -2.37. The number of nitrogens with zero attached hydrogens (tertiary/aromatic N) is 1. The number of rotatable bonds is 9. The lowest BCUT2D eigenvalue weighted by Gasteiger charge is -2.29. The highest BCUT2D eigenvalue weighted by Crippen LogP contribution is 2.23. The quantitative estimate of drug-likeness (QED) is 0.758. The van der Waals surface area contributed by atoms with E-state index >= 15 is 0 Å². The summed E-state index contributed by atoms with van der Waals surface area (Å²) in [5, 5.41) is 0.756. The molecule has 0 aliphatic rings. The summed E-state index contributed by atoms with van der Waals surface area (Å²) < 4.78 is 5.18. The Morgan fingerprint density at radius 2 is 2.00 bits per heavy atom. The Kier molecular flexibility index (Phi) is 8.15. The third-order valence-electron chi connectivity index (χ3n) is 3.83. The van der Waals surface area contributed by atoms with Gasteiger partial charge in [0.1, 0.15) is 0 Å². The van der Waals surface area contributed by atoms with Crippen molar-refractivity contribution in [3.8, 4) is 0 Å². The SMILES string of the molecule is CCC(C)N(CCOC)CCC(N)c1ccccc1Cl. The molecule has 1 aromatic rings. The lowest BCUT2D eigenvalue weighted by molar-refractivity contribution is 0.120. The predicted octanol–water partition coefficient (Wildman–Crippen LogP) is 3.48. The van der Waals surface area contributed by atoms with E-state index in [-0.39, 0.29) is 6.04 Å². The minimum absolute atomic E-state index is 0.0159. The Morgan fingerprint density at radius 1 is 1.30 bits per heavy atom. The number of methoxy groups -OCH3 is 1. The van der Waals surface area contributed by atoms with Gasteiger partial charge in [0.15, 0.2) is 0 Å². The summed E-state index contributed by atoms with van der Waals surface area (Å²) in [4.78, 5) is 2.43. The van der Waals surface area contributed by atoms with Crippen LogP contribution < -0.4 is 5.73 Å². The Labute approximate surface area is 128 Å². The van der Waals surface area contributed by atoms with Crippen molar-refractivity contribution in [3.05, 3.63) is 34.9 Å². The van der Waals surface area contributed by atoms with E-state index in [4.69, 9.17) is 22.1 Å². The van der Waals surface area contributed by atoms with Crippen molar-refractivity contribution >= 4 is 11.6 Å². The predicted molar refractivity (Wildman–Crippen MR) is 86.2 cm³/mol. The van der Waals surface area contributed by atoms with Crippen LogP contribution in [0.3, 0.4) is 0 Å². The maximum Gasteiger partial charge on any atom is 0.0589 e. The molecule has 1 aromatic carbocycles. The van der Waals surface area contributed by atoms with Crippen LogP contribution in [0.15, 0.2) is 24.3 Å². The first-order valence-corrected chi connectivity index (χ1v) is 7.70. The van der Waals surface area contributed by atoms with Crippen LogP contribution in [-0.4, -0.2) is 37.7 Å². The van der Waals surface area contributed by atoms with Crippen LogP contribution >= 0.6 is 11.6 Å². The third-order valence-corrected chi connectivity index (χ3v) is 4.17. The summed E-state index contributed by atoms with van der Waals surface area (Å²) in [5.74, 6) is 0. The second-order valence-electron chi connectivity index (χ2n) is 5.20. The van der Waals surface area contributed by atoms with Crippen molar-refractivity contribution < 1.29 is 4.74 Å². The Bertz CT molecular complexity index is 386. The van der Waals surface area contributed by atoms with Crippen molar-refractivity contribution in [2.75, 3.05) is 26.8 Å². The second kappa shape index (κ2) is 9.35. The zero-order chi connectivity index (χ0) is 15.0. The largest absolute Gasteiger partial charge is 0.383 e. The van der Waals surface area contributed by atoms with Crippen LogP contribution in [0.25, 0.3) is 0 Å². The minimum atomic E-state index is -0.0159. The fraction of sp³-hybridized carbons (Fsp3) is 0.625. The normalized spacial score (nSPS) is 14.5. The van der Waals surface area contributed by atoms with E-state index < -0.39 is 0 Å². The van der Waals surface area contributed by atoms with E-state index in [0.29, 0.717) is 6.04 Å². The number of halogens is 1. The average Bonchev–Trinajstić information content (AvgIpc) is 2.46. The molecular weight excluding hydrogens is 272 g/mol. The molecule has 0 bridgehead atoms. The number of hydrogen-bond donors (Lipinski definition) is 1. The molecule has 0 saturated heterocycles. The van der Waals surface area contributed by atoms with Crippen LogP contribution in [0.4, 0.5) is 0 Å². The average molecular weight is 299 g/mol. The molecule has 0 aliphatic carbocycles. The molecule has 0 saturated carbocycles. The molecule has 20 heavy (non-hydrogen) atoms. The van der Waals surface area contributed by atoms with Gasteiger partial charge in [0, 0.05) is 37.3 Å². The smallest absolute Gasteiger partial charge is 0.0589 e. The van der Waals surface area contributed by atoms with Gasteiger partial charge < -0.3 is 10.5 Å². The van der Waals surface area contributed by atoms with E-state index in [1.54, 1.807) is 7.11 Å². The van der Waals surface area contributed by atoms with Crippen molar-refractivity contribution in [2.45, 2.75) is 38.8 Å². The molecule has 2 unspecified atom stereocenters. The molecule has 0 heterocycles. The molecule has 0 aromatic heterocycles. The standard InChI is InChI=1S/C16H27ClN2O/c1-4-13(2)19(11-12-20-3)10-9-16(18)14-7-5-6-8-15(14)17/h5-8,13,16H,4,9-12,18H2,1-3H3. The highest BCUT2D eigenvalue weighted by atomic mass is 35.5. The summed E-state index contributed by atoms with van der Waals surface area (Å²) in [6, 6.07) is 8.35. The summed E-state index contributed by atoms with van der Waals surface area (Å²) >= 11 is 6.19. The summed E-state index contributed by atoms with van der Waals surface area (Å²) in [7, 11) is 1.74. The Morgan fingerprint density at radius 3 is 2.60 bits per heavy atom. The molecule has 0 radical (unpaired) electrons. The maximum absolute atomic E-state index is 6.27. The minimum Gasteiger partial charge on any atom is -0.383 e. The maximum atomic E-state index is 6.27. The second-order valence-corrected chi connectivity index (χ2v) is 5.61. The van der Waals surface area contributed by atoms with E-state index in [0.717, 1.165) is 43.1 Å². The fourth-order valence-electron chi connectivity index (χ4n) is 2.26. The molecule has 3 nitrogen and oxygen atoms in total. The molecule has 0 aliphatic heterocycles. The highest BCUT2D eigenvalue weighted by Gasteiger charge is 2.15. The number of benzene rings is 1. The van der Waals surface area contributed by atoms with Gasteiger partial charge in [-0.25, -0.2) is 0 Å². The molecule has 2 atom stereocenters. The molecule has 0 fully saturated rings. The lowest BCUT2D eigenvalue weighted by atomic mass is 10.0. The van der Waals surface area contributed by atoms with Crippen molar-refractivity contribution in [2.24, 2.45) is 5.73 Å². The van der Waals surface area contributed by atoms with Gasteiger partial charge in [0.25, 0.3) is 0 Å². The monoisotopic (exact) mass is 298 g/mol. The highest BCUT2D eigenvalue weighted by molar-refractivity contribution is 6.31. The van der Waals surface area contributed by atoms with E-state index in [1.165, 1.54) is 0 Å². The molecule has 1 rings (SSSR count). The van der Waals surface area contributed by atoms with Crippen LogP contribution in [0.5, 0.6) is 0 Å². The van der Waals surface area contributed by atoms with E-state index in [9.17, 15) is 0 Å². The molecule has 114 valence electrons. The summed E-state index contributed by atoms with van der Waals surface area (Å²) in [6.45, 7) is 7.12. The third kappa shape index (κ3) is 5.41. The molecule has 0 spiro atoms. The van der Waals surface area contributed by atoms with Crippen LogP contribution in [0, 0.1) is 0 Å². The number of nitrogens with two attached hydrogens (primary N) is 1. The van der Waals surface area contributed by atoms with Gasteiger partial charge in [0.05, 0.1) is 6.61 Å². The Balaban J connectivity index is 2.55. The van der Waals surface area contributed by atoms with Gasteiger partial charge in [-0.2, -0.15) is 0 Å². The zero-order valence-corrected chi connectivity index (χ0v) is 13.6. The molecule has 2 N–H and O–H groups in total. The van der Waals surface area contributed by atoms with Crippen molar-refractivity contribution in [3.63, 3.8) is 0 Å². The van der Waals surface area contributed by atoms with Crippen LogP contribution in [0.2, 0.25) is 5.02 Å². The topological polar surface area (TPSA) is 38.5 Å². The fourth-order valence-corrected chi connectivity index (χ4v) is 2.53. The zero-order valence-electron chi connectivity index (χ0n) is 12.8. The first-order valence-electron chi connectivity index (χ1n) is 7.33. The Hall–Kier alpha value is -0.610. The van der Waals surface area contributed by atoms with Gasteiger partial charge >= 0.3 is 0 Å². The number of hydrogen-bond acceptors (Lipinski definition) is 3. The van der Waals surface area contributed by atoms with Gasteiger partial charge in [-0.05, 0) is 31.4 Å².